The van der Waals surface area contributed by atoms with E-state index in [4.69, 9.17) is 4.74 Å². The van der Waals surface area contributed by atoms with Gasteiger partial charge in [0, 0.05) is 11.6 Å². The van der Waals surface area contributed by atoms with Crippen molar-refractivity contribution in [1.82, 2.24) is 0 Å². The summed E-state index contributed by atoms with van der Waals surface area (Å²) in [6.45, 7) is -1.28. The molecular formula is C21H15F11N2O5. The van der Waals surface area contributed by atoms with Crippen LogP contribution >= 0.6 is 0 Å². The number of nitro benzene ring substituents is 1. The van der Waals surface area contributed by atoms with E-state index in [1.54, 1.807) is 0 Å². The highest BCUT2D eigenvalue weighted by Gasteiger charge is 2.75. The summed E-state index contributed by atoms with van der Waals surface area (Å²) in [4.78, 5) is 22.5. The maximum absolute atomic E-state index is 13.7. The summed E-state index contributed by atoms with van der Waals surface area (Å²) in [5.41, 5.74) is -3.72. The smallest absolute Gasteiger partial charge is 0.416 e. The number of carbonyl (C=O) groups is 1. The third kappa shape index (κ3) is 6.59. The molecule has 0 fully saturated rings. The zero-order valence-corrected chi connectivity index (χ0v) is 19.1. The van der Waals surface area contributed by atoms with Crippen LogP contribution in [0.25, 0.3) is 0 Å². The minimum Gasteiger partial charge on any atom is -0.492 e. The fraction of sp³-hybridized carbons (Fsp3) is 0.381. The molecule has 0 aliphatic heterocycles. The maximum atomic E-state index is 13.7. The van der Waals surface area contributed by atoms with Crippen molar-refractivity contribution in [3.63, 3.8) is 0 Å². The highest BCUT2D eigenvalue weighted by Crippen LogP contribution is 2.49. The predicted molar refractivity (Wildman–Crippen MR) is 110 cm³/mol. The molecule has 0 heterocycles. The van der Waals surface area contributed by atoms with Crippen LogP contribution in [0.1, 0.15) is 22.8 Å². The zero-order valence-electron chi connectivity index (χ0n) is 19.1. The van der Waals surface area contributed by atoms with Gasteiger partial charge in [0.05, 0.1) is 22.8 Å². The third-order valence-electron chi connectivity index (χ3n) is 4.83. The van der Waals surface area contributed by atoms with E-state index in [2.05, 4.69) is 4.74 Å². The normalized spacial score (nSPS) is 12.8. The van der Waals surface area contributed by atoms with E-state index in [-0.39, 0.29) is 12.4 Å². The molecule has 0 aliphatic carbocycles. The lowest BCUT2D eigenvalue weighted by Crippen LogP contribution is -2.59. The quantitative estimate of drug-likeness (QED) is 0.178. The van der Waals surface area contributed by atoms with Gasteiger partial charge in [-0.05, 0) is 37.3 Å². The summed E-state index contributed by atoms with van der Waals surface area (Å²) in [5, 5.41) is 13.3. The molecule has 0 aromatic heterocycles. The van der Waals surface area contributed by atoms with Crippen molar-refractivity contribution < 1.29 is 67.5 Å². The van der Waals surface area contributed by atoms with Gasteiger partial charge in [0.2, 0.25) is 0 Å². The van der Waals surface area contributed by atoms with E-state index in [9.17, 15) is 63.2 Å². The first-order valence-electron chi connectivity index (χ1n) is 10.2. The Morgan fingerprint density at radius 1 is 0.949 bits per heavy atom. The molecule has 0 saturated heterocycles. The third-order valence-corrected chi connectivity index (χ3v) is 4.83. The molecule has 0 spiro atoms. The van der Waals surface area contributed by atoms with Crippen molar-refractivity contribution in [3.05, 3.63) is 57.6 Å². The van der Waals surface area contributed by atoms with Crippen LogP contribution in [0.5, 0.6) is 11.5 Å². The van der Waals surface area contributed by atoms with E-state index >= 15 is 0 Å². The average molecular weight is 584 g/mol. The van der Waals surface area contributed by atoms with Crippen LogP contribution in [0.4, 0.5) is 59.7 Å². The van der Waals surface area contributed by atoms with Gasteiger partial charge in [-0.1, -0.05) is 0 Å². The summed E-state index contributed by atoms with van der Waals surface area (Å²) in [7, 11) is 0. The number of amides is 1. The largest absolute Gasteiger partial charge is 0.492 e. The van der Waals surface area contributed by atoms with Gasteiger partial charge in [-0.2, -0.15) is 39.5 Å². The predicted octanol–water partition coefficient (Wildman–Crippen LogP) is 6.81. The van der Waals surface area contributed by atoms with Gasteiger partial charge < -0.3 is 14.8 Å². The lowest BCUT2D eigenvalue weighted by molar-refractivity contribution is -0.386. The number of nitrogens with zero attached hydrogens (tertiary/aromatic N) is 1. The van der Waals surface area contributed by atoms with E-state index in [1.807, 2.05) is 5.32 Å². The Morgan fingerprint density at radius 2 is 1.54 bits per heavy atom. The number of anilines is 1. The molecule has 39 heavy (non-hydrogen) atoms. The molecule has 0 saturated carbocycles. The molecule has 0 bridgehead atoms. The number of halogens is 11. The van der Waals surface area contributed by atoms with Gasteiger partial charge in [-0.25, -0.2) is 8.78 Å². The van der Waals surface area contributed by atoms with E-state index in [1.165, 1.54) is 6.92 Å². The van der Waals surface area contributed by atoms with Gasteiger partial charge in [-0.15, -0.1) is 0 Å². The molecule has 0 atom stereocenters. The van der Waals surface area contributed by atoms with Crippen molar-refractivity contribution in [3.8, 4) is 11.5 Å². The van der Waals surface area contributed by atoms with Gasteiger partial charge in [-0.3, -0.25) is 14.9 Å². The Bertz CT molecular complexity index is 1220. The first-order valence-corrected chi connectivity index (χ1v) is 10.2. The van der Waals surface area contributed by atoms with Crippen molar-refractivity contribution in [2.24, 2.45) is 0 Å². The van der Waals surface area contributed by atoms with Crippen LogP contribution in [-0.4, -0.2) is 48.2 Å². The molecule has 216 valence electrons. The molecule has 0 radical (unpaired) electrons. The monoisotopic (exact) mass is 584 g/mol. The van der Waals surface area contributed by atoms with Gasteiger partial charge in [0.15, 0.2) is 12.4 Å². The number of hydrogen-bond acceptors (Lipinski definition) is 5. The molecular weight excluding hydrogens is 569 g/mol. The lowest BCUT2D eigenvalue weighted by atomic mass is 10.1. The number of nitrogens with one attached hydrogen (secondary N) is 1. The fourth-order valence-corrected chi connectivity index (χ4v) is 2.84. The van der Waals surface area contributed by atoms with Crippen LogP contribution in [0.3, 0.4) is 0 Å². The highest BCUT2D eigenvalue weighted by molar-refractivity contribution is 6.05. The SMILES string of the molecule is CCOc1ccc(C(F)(F)F)cc1NC(=O)c1ccc(OCC(F)(F)C(F)(F)C(F)(F)C(F)F)c([N+](=O)[O-])c1. The van der Waals surface area contributed by atoms with Gasteiger partial charge >= 0.3 is 36.1 Å². The Morgan fingerprint density at radius 3 is 2.05 bits per heavy atom. The van der Waals surface area contributed by atoms with Crippen LogP contribution in [0.2, 0.25) is 0 Å². The Balaban J connectivity index is 2.35. The first-order chi connectivity index (χ1) is 17.8. The van der Waals surface area contributed by atoms with E-state index in [0.717, 1.165) is 6.07 Å². The topological polar surface area (TPSA) is 90.7 Å². The minimum atomic E-state index is -6.63. The van der Waals surface area contributed by atoms with Crippen LogP contribution in [0.15, 0.2) is 36.4 Å². The van der Waals surface area contributed by atoms with Crippen molar-refractivity contribution in [2.75, 3.05) is 18.5 Å². The number of rotatable bonds is 11. The summed E-state index contributed by atoms with van der Waals surface area (Å²) in [6.07, 6.45) is -10.0. The van der Waals surface area contributed by atoms with Gasteiger partial charge in [0.1, 0.15) is 5.75 Å². The second-order valence-corrected chi connectivity index (χ2v) is 7.53. The van der Waals surface area contributed by atoms with Crippen LogP contribution < -0.4 is 14.8 Å². The molecule has 2 rings (SSSR count). The van der Waals surface area contributed by atoms with E-state index < -0.39 is 76.1 Å². The van der Waals surface area contributed by atoms with E-state index in [0.29, 0.717) is 30.3 Å². The standard InChI is InChI=1S/C21H15F11N2O5/c1-2-38-14-6-4-11(20(28,29)30)8-12(14)33-16(35)10-3-5-15(13(7-10)34(36)37)39-9-18(24,25)21(31,32)19(26,27)17(22)23/h3-8,17H,2,9H2,1H3,(H,33,35). The number of alkyl halides is 11. The highest BCUT2D eigenvalue weighted by atomic mass is 19.4. The number of nitro groups is 1. The number of hydrogen-bond donors (Lipinski definition) is 1. The Kier molecular flexibility index (Phi) is 8.92. The molecule has 18 heteroatoms. The minimum absolute atomic E-state index is 0.0430. The van der Waals surface area contributed by atoms with Crippen molar-refractivity contribution >= 4 is 17.3 Å². The molecule has 0 unspecified atom stereocenters. The lowest BCUT2D eigenvalue weighted by Gasteiger charge is -2.31. The number of carbonyl (C=O) groups excluding carboxylic acids is 1. The molecule has 1 amide bonds. The van der Waals surface area contributed by atoms with Crippen molar-refractivity contribution in [2.45, 2.75) is 37.3 Å². The van der Waals surface area contributed by atoms with Crippen molar-refractivity contribution in [1.29, 1.82) is 0 Å². The Hall–Kier alpha value is -3.86. The molecule has 7 nitrogen and oxygen atoms in total. The fourth-order valence-electron chi connectivity index (χ4n) is 2.84. The van der Waals surface area contributed by atoms with Crippen LogP contribution in [0, 0.1) is 10.1 Å². The van der Waals surface area contributed by atoms with Gasteiger partial charge in [0.25, 0.3) is 5.91 Å². The average Bonchev–Trinajstić information content (AvgIpc) is 2.82. The summed E-state index contributed by atoms with van der Waals surface area (Å²) < 4.78 is 153. The first kappa shape index (κ1) is 31.4. The number of ether oxygens (including phenoxy) is 2. The molecule has 2 aromatic rings. The zero-order chi connectivity index (χ0) is 30.0. The molecule has 1 N–H and O–H groups in total. The van der Waals surface area contributed by atoms with Crippen LogP contribution in [-0.2, 0) is 6.18 Å². The maximum Gasteiger partial charge on any atom is 0.416 e. The summed E-state index contributed by atoms with van der Waals surface area (Å²) in [6, 6.07) is 3.43. The Labute approximate surface area is 210 Å². The molecule has 0 aliphatic rings. The summed E-state index contributed by atoms with van der Waals surface area (Å²) in [5.74, 6) is -21.8. The summed E-state index contributed by atoms with van der Waals surface area (Å²) >= 11 is 0. The molecule has 2 aromatic carbocycles. The second-order valence-electron chi connectivity index (χ2n) is 7.53. The second kappa shape index (κ2) is 11.1. The number of benzene rings is 2.